The molecule has 0 spiro atoms. The molecule has 0 atom stereocenters. The van der Waals surface area contributed by atoms with Gasteiger partial charge in [-0.3, -0.25) is 0 Å². The fraction of sp³-hybridized carbons (Fsp3) is 0.0303. The van der Waals surface area contributed by atoms with Crippen LogP contribution in [0.25, 0.3) is 0 Å². The van der Waals surface area contributed by atoms with E-state index in [1.165, 1.54) is 0 Å². The summed E-state index contributed by atoms with van der Waals surface area (Å²) in [5.41, 5.74) is 2.23. The molecule has 4 rings (SSSR count). The van der Waals surface area contributed by atoms with E-state index in [9.17, 15) is 0 Å². The van der Waals surface area contributed by atoms with Gasteiger partial charge in [0, 0.05) is 40.1 Å². The topological polar surface area (TPSA) is 0 Å². The zero-order valence-electron chi connectivity index (χ0n) is 19.2. The average Bonchev–Trinajstić information content (AvgIpc) is 2.91. The van der Waals surface area contributed by atoms with Gasteiger partial charge in [-0.25, -0.2) is 0 Å². The lowest BCUT2D eigenvalue weighted by molar-refractivity contribution is 0.986. The van der Waals surface area contributed by atoms with Crippen molar-refractivity contribution in [2.75, 3.05) is 0 Å². The van der Waals surface area contributed by atoms with Crippen LogP contribution in [-0.2, 0) is 0 Å². The maximum atomic E-state index is 3.48. The molecule has 0 aromatic heterocycles. The van der Waals surface area contributed by atoms with Gasteiger partial charge in [0.15, 0.2) is 0 Å². The minimum Gasteiger partial charge on any atom is -0.0634 e. The van der Waals surface area contributed by atoms with E-state index < -0.39 is 5.41 Å². The van der Waals surface area contributed by atoms with Crippen LogP contribution in [0, 0.1) is 52.8 Å². The monoisotopic (exact) mass is 728 g/mol. The zero-order valence-corrected chi connectivity index (χ0v) is 25.6. The van der Waals surface area contributed by atoms with Crippen LogP contribution in [-0.4, -0.2) is 0 Å². The molecule has 0 saturated carbocycles. The number of hydrogen-bond acceptors (Lipinski definition) is 0. The third-order valence-electron chi connectivity index (χ3n) is 4.95. The second kappa shape index (κ2) is 13.0. The van der Waals surface area contributed by atoms with Gasteiger partial charge < -0.3 is 0 Å². The lowest BCUT2D eigenvalue weighted by Gasteiger charge is -2.08. The number of rotatable bonds is 0. The van der Waals surface area contributed by atoms with Gasteiger partial charge in [-0.15, -0.1) is 0 Å². The maximum absolute atomic E-state index is 3.48. The Morgan fingerprint density at radius 2 is 0.514 bits per heavy atom. The largest absolute Gasteiger partial charge is 0.214 e. The smallest absolute Gasteiger partial charge is 0.0634 e. The summed E-state index contributed by atoms with van der Waals surface area (Å²) in [6.07, 6.45) is 0. The molecule has 37 heavy (non-hydrogen) atoms. The summed E-state index contributed by atoms with van der Waals surface area (Å²) in [4.78, 5) is 0. The van der Waals surface area contributed by atoms with Gasteiger partial charge in [-0.1, -0.05) is 111 Å². The molecule has 0 amide bonds. The van der Waals surface area contributed by atoms with E-state index in [2.05, 4.69) is 111 Å². The molecule has 0 bridgehead atoms. The fourth-order valence-electron chi connectivity index (χ4n) is 2.98. The summed E-state index contributed by atoms with van der Waals surface area (Å²) < 4.78 is 3.96. The van der Waals surface area contributed by atoms with Crippen molar-refractivity contribution in [2.45, 2.75) is 0 Å². The van der Waals surface area contributed by atoms with Crippen LogP contribution in [0.5, 0.6) is 0 Å². The minimum absolute atomic E-state index is 0.855. The molecule has 0 aliphatic carbocycles. The molecule has 0 radical (unpaired) electrons. The van der Waals surface area contributed by atoms with Gasteiger partial charge in [0.05, 0.1) is 0 Å². The van der Waals surface area contributed by atoms with Gasteiger partial charge in [0.1, 0.15) is 0 Å². The predicted octanol–water partition coefficient (Wildman–Crippen LogP) is 9.23. The van der Waals surface area contributed by atoms with Crippen molar-refractivity contribution in [1.82, 2.24) is 0 Å². The number of hydrogen-bond donors (Lipinski definition) is 0. The Balaban J connectivity index is 1.89. The van der Waals surface area contributed by atoms with E-state index in [0.29, 0.717) is 0 Å². The Hall–Kier alpha value is -2.96. The van der Waals surface area contributed by atoms with Crippen molar-refractivity contribution in [3.05, 3.63) is 137 Å². The molecule has 0 heterocycles. The lowest BCUT2D eigenvalue weighted by atomic mass is 9.89. The van der Waals surface area contributed by atoms with E-state index >= 15 is 0 Å². The van der Waals surface area contributed by atoms with Crippen molar-refractivity contribution < 1.29 is 0 Å². The molecule has 4 heteroatoms. The molecule has 176 valence electrons. The summed E-state index contributed by atoms with van der Waals surface area (Å²) in [6.45, 7) is 0. The molecule has 0 aliphatic heterocycles. The molecule has 0 aliphatic rings. The van der Waals surface area contributed by atoms with Crippen molar-refractivity contribution >= 4 is 63.7 Å². The summed E-state index contributed by atoms with van der Waals surface area (Å²) in [6, 6.07) is 31.3. The first-order chi connectivity index (χ1) is 17.9. The highest BCUT2D eigenvalue weighted by atomic mass is 79.9. The summed E-state index contributed by atoms with van der Waals surface area (Å²) >= 11 is 13.9. The molecular formula is C33H16Br4. The molecule has 4 aromatic rings. The zero-order chi connectivity index (χ0) is 26.1. The fourth-order valence-corrected chi connectivity index (χ4v) is 4.04. The van der Waals surface area contributed by atoms with E-state index in [1.54, 1.807) is 0 Å². The first-order valence-electron chi connectivity index (χ1n) is 11.0. The summed E-state index contributed by atoms with van der Waals surface area (Å²) in [7, 11) is 0. The number of benzene rings is 4. The Labute approximate surface area is 251 Å². The van der Waals surface area contributed by atoms with Crippen LogP contribution in [0.3, 0.4) is 0 Å². The second-order valence-corrected chi connectivity index (χ2v) is 11.4. The molecule has 0 fully saturated rings. The number of halogens is 4. The molecule has 0 unspecified atom stereocenters. The molecular weight excluding hydrogens is 716 g/mol. The van der Waals surface area contributed by atoms with Crippen LogP contribution in [0.1, 0.15) is 22.3 Å². The van der Waals surface area contributed by atoms with E-state index in [4.69, 9.17) is 0 Å². The van der Waals surface area contributed by atoms with Gasteiger partial charge in [-0.2, -0.15) is 0 Å². The van der Waals surface area contributed by atoms with Crippen LogP contribution < -0.4 is 0 Å². The Morgan fingerprint density at radius 1 is 0.324 bits per heavy atom. The lowest BCUT2D eigenvalue weighted by Crippen LogP contribution is -2.11. The first kappa shape index (κ1) is 27.1. The summed E-state index contributed by atoms with van der Waals surface area (Å²) in [5.74, 6) is 26.2. The maximum Gasteiger partial charge on any atom is 0.214 e. The van der Waals surface area contributed by atoms with Gasteiger partial charge in [0.25, 0.3) is 0 Å². The first-order valence-corrected chi connectivity index (χ1v) is 14.2. The quantitative estimate of drug-likeness (QED) is 0.158. The Morgan fingerprint density at radius 3 is 0.703 bits per heavy atom. The molecule has 0 nitrogen and oxygen atoms in total. The van der Waals surface area contributed by atoms with E-state index in [-0.39, 0.29) is 0 Å². The standard InChI is InChI=1S/C33H16Br4/c34-29-9-1-25(2-10-29)17-21-33(22-18-26-3-11-30(35)12-4-26,23-19-27-5-13-31(36)14-6-27)24-20-28-7-15-32(37)16-8-28/h1-16H. The van der Waals surface area contributed by atoms with Crippen LogP contribution in [0.4, 0.5) is 0 Å². The van der Waals surface area contributed by atoms with Gasteiger partial charge >= 0.3 is 0 Å². The van der Waals surface area contributed by atoms with Crippen molar-refractivity contribution in [3.8, 4) is 47.4 Å². The van der Waals surface area contributed by atoms with Crippen LogP contribution >= 0.6 is 63.7 Å². The van der Waals surface area contributed by atoms with Crippen molar-refractivity contribution in [1.29, 1.82) is 0 Å². The Bertz CT molecular complexity index is 1380. The SMILES string of the molecule is Brc1ccc(C#CC(C#Cc2ccc(Br)cc2)(C#Cc2ccc(Br)cc2)C#Cc2ccc(Br)cc2)cc1. The van der Waals surface area contributed by atoms with Gasteiger partial charge in [0.2, 0.25) is 5.41 Å². The minimum atomic E-state index is -1.19. The second-order valence-electron chi connectivity index (χ2n) is 7.78. The third-order valence-corrected chi connectivity index (χ3v) is 7.07. The predicted molar refractivity (Wildman–Crippen MR) is 167 cm³/mol. The third kappa shape index (κ3) is 8.54. The molecule has 0 N–H and O–H groups in total. The van der Waals surface area contributed by atoms with Crippen LogP contribution in [0.2, 0.25) is 0 Å². The Kier molecular flexibility index (Phi) is 9.53. The van der Waals surface area contributed by atoms with Crippen molar-refractivity contribution in [2.24, 2.45) is 5.41 Å². The average molecular weight is 732 g/mol. The van der Waals surface area contributed by atoms with Gasteiger partial charge in [-0.05, 0) is 97.1 Å². The van der Waals surface area contributed by atoms with Crippen LogP contribution in [0.15, 0.2) is 115 Å². The highest BCUT2D eigenvalue weighted by Crippen LogP contribution is 2.18. The van der Waals surface area contributed by atoms with E-state index in [0.717, 1.165) is 40.1 Å². The summed E-state index contributed by atoms with van der Waals surface area (Å²) in [5, 5.41) is 0. The highest BCUT2D eigenvalue weighted by Gasteiger charge is 2.20. The highest BCUT2D eigenvalue weighted by molar-refractivity contribution is 9.11. The van der Waals surface area contributed by atoms with Crippen molar-refractivity contribution in [3.63, 3.8) is 0 Å². The molecule has 0 saturated heterocycles. The normalized spacial score (nSPS) is 9.84. The molecule has 4 aromatic carbocycles. The van der Waals surface area contributed by atoms with E-state index in [1.807, 2.05) is 97.1 Å².